The number of benzene rings is 3. The first-order valence-corrected chi connectivity index (χ1v) is 9.91. The topological polar surface area (TPSA) is 62.2 Å². The van der Waals surface area contributed by atoms with Crippen LogP contribution in [-0.2, 0) is 17.6 Å². The van der Waals surface area contributed by atoms with E-state index in [1.54, 1.807) is 35.6 Å². The molecular weight excluding hydrogens is 368 g/mol. The molecule has 0 fully saturated rings. The van der Waals surface area contributed by atoms with Gasteiger partial charge in [-0.3, -0.25) is 4.79 Å². The van der Waals surface area contributed by atoms with E-state index in [0.29, 0.717) is 12.1 Å². The summed E-state index contributed by atoms with van der Waals surface area (Å²) in [7, 11) is 0. The van der Waals surface area contributed by atoms with Gasteiger partial charge >= 0.3 is 0 Å². The molecule has 3 aromatic carbocycles. The number of nitrogens with zero attached hydrogens (tertiary/aromatic N) is 1. The van der Waals surface area contributed by atoms with E-state index in [1.807, 2.05) is 13.0 Å². The van der Waals surface area contributed by atoms with Gasteiger partial charge in [0.05, 0.1) is 17.1 Å². The first-order valence-electron chi connectivity index (χ1n) is 9.09. The van der Waals surface area contributed by atoms with Crippen LogP contribution in [0, 0.1) is 6.92 Å². The van der Waals surface area contributed by atoms with Gasteiger partial charge in [-0.15, -0.1) is 11.3 Å². The van der Waals surface area contributed by atoms with E-state index in [4.69, 9.17) is 0 Å². The SMILES string of the molecule is Cc1nc(Cc2cccc3ccccc23)sc1CC(=O)Nc1ccc(O)cc1. The van der Waals surface area contributed by atoms with E-state index in [2.05, 4.69) is 46.7 Å². The first-order chi connectivity index (χ1) is 13.6. The molecule has 4 rings (SSSR count). The van der Waals surface area contributed by atoms with Crippen molar-refractivity contribution in [3.8, 4) is 5.75 Å². The molecule has 4 nitrogen and oxygen atoms in total. The second-order valence-electron chi connectivity index (χ2n) is 6.70. The number of aromatic nitrogens is 1. The van der Waals surface area contributed by atoms with Gasteiger partial charge in [-0.25, -0.2) is 4.98 Å². The molecule has 0 radical (unpaired) electrons. The molecule has 1 aromatic heterocycles. The lowest BCUT2D eigenvalue weighted by molar-refractivity contribution is -0.115. The number of aryl methyl sites for hydroxylation is 1. The second kappa shape index (κ2) is 7.82. The van der Waals surface area contributed by atoms with E-state index in [9.17, 15) is 9.90 Å². The molecule has 0 unspecified atom stereocenters. The Kier molecular flexibility index (Phi) is 5.08. The third-order valence-corrected chi connectivity index (χ3v) is 5.79. The van der Waals surface area contributed by atoms with Crippen LogP contribution in [0.3, 0.4) is 0 Å². The van der Waals surface area contributed by atoms with Crippen LogP contribution in [0.2, 0.25) is 0 Å². The molecule has 4 aromatic rings. The predicted molar refractivity (Wildman–Crippen MR) is 114 cm³/mol. The number of carbonyl (C=O) groups is 1. The third kappa shape index (κ3) is 4.05. The van der Waals surface area contributed by atoms with Gasteiger partial charge < -0.3 is 10.4 Å². The number of aromatic hydroxyl groups is 1. The van der Waals surface area contributed by atoms with Crippen LogP contribution < -0.4 is 5.32 Å². The molecule has 0 aliphatic carbocycles. The molecular formula is C23H20N2O2S. The maximum Gasteiger partial charge on any atom is 0.229 e. The summed E-state index contributed by atoms with van der Waals surface area (Å²) in [6, 6.07) is 21.1. The number of nitrogens with one attached hydrogen (secondary N) is 1. The van der Waals surface area contributed by atoms with Crippen molar-refractivity contribution in [3.05, 3.63) is 87.9 Å². The molecule has 0 atom stereocenters. The molecule has 0 aliphatic rings. The number of carbonyl (C=O) groups excluding carboxylic acids is 1. The van der Waals surface area contributed by atoms with Crippen LogP contribution in [-0.4, -0.2) is 16.0 Å². The molecule has 28 heavy (non-hydrogen) atoms. The summed E-state index contributed by atoms with van der Waals surface area (Å²) in [5.41, 5.74) is 2.81. The van der Waals surface area contributed by atoms with Crippen LogP contribution in [0.1, 0.15) is 21.1 Å². The average molecular weight is 388 g/mol. The number of phenolic OH excluding ortho intramolecular Hbond substituents is 1. The van der Waals surface area contributed by atoms with Crippen LogP contribution in [0.4, 0.5) is 5.69 Å². The lowest BCUT2D eigenvalue weighted by atomic mass is 10.0. The summed E-state index contributed by atoms with van der Waals surface area (Å²) in [6.45, 7) is 1.95. The Labute approximate surface area is 167 Å². The minimum Gasteiger partial charge on any atom is -0.508 e. The lowest BCUT2D eigenvalue weighted by Gasteiger charge is -2.05. The summed E-state index contributed by atoms with van der Waals surface area (Å²) in [5.74, 6) is 0.0866. The number of hydrogen-bond acceptors (Lipinski definition) is 4. The molecule has 2 N–H and O–H groups in total. The zero-order valence-electron chi connectivity index (χ0n) is 15.5. The lowest BCUT2D eigenvalue weighted by Crippen LogP contribution is -2.14. The predicted octanol–water partition coefficient (Wildman–Crippen LogP) is 5.08. The number of rotatable bonds is 5. The maximum atomic E-state index is 12.4. The Hall–Kier alpha value is -3.18. The molecule has 0 saturated heterocycles. The molecule has 0 bridgehead atoms. The highest BCUT2D eigenvalue weighted by atomic mass is 32.1. The summed E-state index contributed by atoms with van der Waals surface area (Å²) in [5, 5.41) is 15.7. The maximum absolute atomic E-state index is 12.4. The smallest absolute Gasteiger partial charge is 0.229 e. The van der Waals surface area contributed by atoms with E-state index < -0.39 is 0 Å². The van der Waals surface area contributed by atoms with Crippen molar-refractivity contribution in [2.45, 2.75) is 19.8 Å². The zero-order chi connectivity index (χ0) is 19.5. The Morgan fingerprint density at radius 3 is 2.61 bits per heavy atom. The largest absolute Gasteiger partial charge is 0.508 e. The molecule has 0 saturated carbocycles. The van der Waals surface area contributed by atoms with Crippen molar-refractivity contribution in [3.63, 3.8) is 0 Å². The van der Waals surface area contributed by atoms with Gasteiger partial charge in [0.1, 0.15) is 5.75 Å². The van der Waals surface area contributed by atoms with Crippen molar-refractivity contribution < 1.29 is 9.90 Å². The zero-order valence-corrected chi connectivity index (χ0v) is 16.3. The highest BCUT2D eigenvalue weighted by molar-refractivity contribution is 7.11. The first kappa shape index (κ1) is 18.2. The number of phenols is 1. The molecule has 1 amide bonds. The van der Waals surface area contributed by atoms with Gasteiger partial charge in [0.2, 0.25) is 5.91 Å². The van der Waals surface area contributed by atoms with E-state index in [1.165, 1.54) is 16.3 Å². The Morgan fingerprint density at radius 2 is 1.79 bits per heavy atom. The van der Waals surface area contributed by atoms with Crippen molar-refractivity contribution in [2.24, 2.45) is 0 Å². The number of anilines is 1. The number of hydrogen-bond donors (Lipinski definition) is 2. The standard InChI is InChI=1S/C23H20N2O2S/c1-15-21(14-22(27)25-18-9-11-19(26)12-10-18)28-23(24-15)13-17-7-4-6-16-5-2-3-8-20(16)17/h2-12,26H,13-14H2,1H3,(H,25,27). The van der Waals surface area contributed by atoms with Gasteiger partial charge in [-0.05, 0) is 47.5 Å². The number of fused-ring (bicyclic) bond motifs is 1. The highest BCUT2D eigenvalue weighted by Gasteiger charge is 2.13. The summed E-state index contributed by atoms with van der Waals surface area (Å²) in [4.78, 5) is 18.0. The average Bonchev–Trinajstić information content (AvgIpc) is 3.03. The molecule has 0 aliphatic heterocycles. The van der Waals surface area contributed by atoms with Crippen LogP contribution in [0.25, 0.3) is 10.8 Å². The van der Waals surface area contributed by atoms with E-state index >= 15 is 0 Å². The fourth-order valence-corrected chi connectivity index (χ4v) is 4.32. The Bertz CT molecular complexity index is 1130. The summed E-state index contributed by atoms with van der Waals surface area (Å²) >= 11 is 1.59. The molecule has 0 spiro atoms. The van der Waals surface area contributed by atoms with Gasteiger partial charge in [0.25, 0.3) is 0 Å². The molecule has 1 heterocycles. The van der Waals surface area contributed by atoms with Gasteiger partial charge in [-0.1, -0.05) is 42.5 Å². The van der Waals surface area contributed by atoms with E-state index in [0.717, 1.165) is 22.0 Å². The quantitative estimate of drug-likeness (QED) is 0.469. The fraction of sp³-hybridized carbons (Fsp3) is 0.130. The third-order valence-electron chi connectivity index (χ3n) is 4.63. The van der Waals surface area contributed by atoms with Crippen LogP contribution in [0.15, 0.2) is 66.7 Å². The van der Waals surface area contributed by atoms with Gasteiger partial charge in [-0.2, -0.15) is 0 Å². The van der Waals surface area contributed by atoms with Crippen molar-refractivity contribution in [2.75, 3.05) is 5.32 Å². The van der Waals surface area contributed by atoms with Gasteiger partial charge in [0, 0.05) is 17.0 Å². The minimum atomic E-state index is -0.0887. The van der Waals surface area contributed by atoms with Crippen molar-refractivity contribution in [1.29, 1.82) is 0 Å². The van der Waals surface area contributed by atoms with E-state index in [-0.39, 0.29) is 11.7 Å². The number of amides is 1. The van der Waals surface area contributed by atoms with Crippen LogP contribution >= 0.6 is 11.3 Å². The molecule has 5 heteroatoms. The normalized spacial score (nSPS) is 10.9. The van der Waals surface area contributed by atoms with Crippen molar-refractivity contribution >= 4 is 33.7 Å². The van der Waals surface area contributed by atoms with Crippen LogP contribution in [0.5, 0.6) is 5.75 Å². The summed E-state index contributed by atoms with van der Waals surface area (Å²) in [6.07, 6.45) is 1.05. The fourth-order valence-electron chi connectivity index (χ4n) is 3.23. The summed E-state index contributed by atoms with van der Waals surface area (Å²) < 4.78 is 0. The highest BCUT2D eigenvalue weighted by Crippen LogP contribution is 2.26. The van der Waals surface area contributed by atoms with Gasteiger partial charge in [0.15, 0.2) is 0 Å². The second-order valence-corrected chi connectivity index (χ2v) is 7.87. The number of thiazole rings is 1. The Balaban J connectivity index is 1.49. The van der Waals surface area contributed by atoms with Crippen molar-refractivity contribution in [1.82, 2.24) is 4.98 Å². The molecule has 140 valence electrons. The monoisotopic (exact) mass is 388 g/mol. The Morgan fingerprint density at radius 1 is 1.04 bits per heavy atom. The minimum absolute atomic E-state index is 0.0887.